The van der Waals surface area contributed by atoms with E-state index in [1.54, 1.807) is 12.1 Å². The molecule has 2 aromatic carbocycles. The lowest BCUT2D eigenvalue weighted by atomic mass is 10.0. The van der Waals surface area contributed by atoms with Crippen LogP contribution in [0.2, 0.25) is 0 Å². The Morgan fingerprint density at radius 2 is 1.60 bits per heavy atom. The predicted octanol–water partition coefficient (Wildman–Crippen LogP) is 3.39. The van der Waals surface area contributed by atoms with Crippen molar-refractivity contribution in [1.29, 1.82) is 0 Å². The van der Waals surface area contributed by atoms with Gasteiger partial charge in [-0.2, -0.15) is 0 Å². The Hall–Kier alpha value is -2.80. The number of rotatable bonds is 8. The number of nitrogens with one attached hydrogen (secondary N) is 3. The maximum atomic E-state index is 12.6. The van der Waals surface area contributed by atoms with Crippen molar-refractivity contribution in [2.75, 3.05) is 5.75 Å². The van der Waals surface area contributed by atoms with Crippen LogP contribution in [0.3, 0.4) is 0 Å². The lowest BCUT2D eigenvalue weighted by molar-refractivity contribution is -0.129. The zero-order valence-corrected chi connectivity index (χ0v) is 18.6. The molecule has 160 valence electrons. The van der Waals surface area contributed by atoms with Crippen LogP contribution in [0.25, 0.3) is 0 Å². The molecule has 0 fully saturated rings. The lowest BCUT2D eigenvalue weighted by Crippen LogP contribution is -2.53. The molecule has 0 bridgehead atoms. The molecule has 30 heavy (non-hydrogen) atoms. The van der Waals surface area contributed by atoms with Crippen LogP contribution in [0, 0.1) is 19.8 Å². The lowest BCUT2D eigenvalue weighted by Gasteiger charge is -2.21. The topological polar surface area (TPSA) is 87.3 Å². The van der Waals surface area contributed by atoms with Gasteiger partial charge in [0.05, 0.1) is 5.75 Å². The summed E-state index contributed by atoms with van der Waals surface area (Å²) in [7, 11) is 0. The Labute approximate surface area is 182 Å². The first-order chi connectivity index (χ1) is 14.3. The van der Waals surface area contributed by atoms with Gasteiger partial charge in [-0.05, 0) is 49.9 Å². The van der Waals surface area contributed by atoms with Crippen LogP contribution in [-0.4, -0.2) is 29.5 Å². The molecule has 0 heterocycles. The maximum absolute atomic E-state index is 12.6. The molecule has 0 aliphatic rings. The SMILES string of the molecule is Cc1ccc(SCC(=O)NNC(=O)[C@H](CC(C)C)NC(=O)c2ccccc2C)cc1. The Bertz CT molecular complexity index is 882. The number of amides is 3. The molecule has 0 saturated carbocycles. The molecule has 2 aromatic rings. The van der Waals surface area contributed by atoms with Crippen LogP contribution < -0.4 is 16.2 Å². The second-order valence-electron chi connectivity index (χ2n) is 7.61. The van der Waals surface area contributed by atoms with Gasteiger partial charge in [0, 0.05) is 10.5 Å². The normalized spacial score (nSPS) is 11.6. The van der Waals surface area contributed by atoms with E-state index >= 15 is 0 Å². The quantitative estimate of drug-likeness (QED) is 0.445. The maximum Gasteiger partial charge on any atom is 0.260 e. The molecular weight excluding hydrogens is 398 g/mol. The van der Waals surface area contributed by atoms with Crippen molar-refractivity contribution < 1.29 is 14.4 Å². The molecule has 7 heteroatoms. The zero-order chi connectivity index (χ0) is 22.1. The fourth-order valence-electron chi connectivity index (χ4n) is 2.80. The average Bonchev–Trinajstić information content (AvgIpc) is 2.71. The van der Waals surface area contributed by atoms with Gasteiger partial charge in [0.1, 0.15) is 6.04 Å². The Balaban J connectivity index is 1.89. The fourth-order valence-corrected chi connectivity index (χ4v) is 3.50. The third kappa shape index (κ3) is 7.55. The van der Waals surface area contributed by atoms with Gasteiger partial charge in [0.2, 0.25) is 5.91 Å². The van der Waals surface area contributed by atoms with E-state index < -0.39 is 11.9 Å². The molecule has 0 unspecified atom stereocenters. The van der Waals surface area contributed by atoms with E-state index in [4.69, 9.17) is 0 Å². The van der Waals surface area contributed by atoms with Crippen LogP contribution in [0.4, 0.5) is 0 Å². The van der Waals surface area contributed by atoms with Crippen LogP contribution >= 0.6 is 11.8 Å². The molecule has 3 amide bonds. The fraction of sp³-hybridized carbons (Fsp3) is 0.348. The Morgan fingerprint density at radius 1 is 0.933 bits per heavy atom. The third-order valence-corrected chi connectivity index (χ3v) is 5.45. The molecule has 3 N–H and O–H groups in total. The molecule has 0 spiro atoms. The highest BCUT2D eigenvalue weighted by Crippen LogP contribution is 2.17. The van der Waals surface area contributed by atoms with Gasteiger partial charge >= 0.3 is 0 Å². The van der Waals surface area contributed by atoms with Crippen LogP contribution in [0.5, 0.6) is 0 Å². The van der Waals surface area contributed by atoms with Gasteiger partial charge in [-0.1, -0.05) is 49.7 Å². The summed E-state index contributed by atoms with van der Waals surface area (Å²) in [6.45, 7) is 7.79. The molecule has 1 atom stereocenters. The van der Waals surface area contributed by atoms with E-state index in [1.807, 2.05) is 64.1 Å². The van der Waals surface area contributed by atoms with Gasteiger partial charge in [-0.25, -0.2) is 0 Å². The van der Waals surface area contributed by atoms with Crippen LogP contribution in [0.1, 0.15) is 41.8 Å². The first kappa shape index (κ1) is 23.5. The second-order valence-corrected chi connectivity index (χ2v) is 8.66. The minimum atomic E-state index is -0.748. The minimum absolute atomic E-state index is 0.174. The Kier molecular flexibility index (Phi) is 8.92. The molecule has 0 aromatic heterocycles. The van der Waals surface area contributed by atoms with Crippen molar-refractivity contribution in [2.45, 2.75) is 45.1 Å². The summed E-state index contributed by atoms with van der Waals surface area (Å²) in [6, 6.07) is 14.3. The van der Waals surface area contributed by atoms with E-state index in [0.717, 1.165) is 16.0 Å². The van der Waals surface area contributed by atoms with Gasteiger partial charge in [-0.3, -0.25) is 25.2 Å². The Morgan fingerprint density at radius 3 is 2.23 bits per heavy atom. The van der Waals surface area contributed by atoms with Crippen LogP contribution in [-0.2, 0) is 9.59 Å². The first-order valence-corrected chi connectivity index (χ1v) is 10.9. The summed E-state index contributed by atoms with van der Waals surface area (Å²) in [5, 5.41) is 2.78. The van der Waals surface area contributed by atoms with Crippen LogP contribution in [0.15, 0.2) is 53.4 Å². The monoisotopic (exact) mass is 427 g/mol. The van der Waals surface area contributed by atoms with Gasteiger partial charge in [0.25, 0.3) is 11.8 Å². The largest absolute Gasteiger partial charge is 0.340 e. The molecular formula is C23H29N3O3S. The highest BCUT2D eigenvalue weighted by atomic mass is 32.2. The average molecular weight is 428 g/mol. The van der Waals surface area contributed by atoms with Gasteiger partial charge in [0.15, 0.2) is 0 Å². The van der Waals surface area contributed by atoms with Gasteiger partial charge < -0.3 is 5.32 Å². The minimum Gasteiger partial charge on any atom is -0.340 e. The number of benzene rings is 2. The van der Waals surface area contributed by atoms with E-state index in [1.165, 1.54) is 11.8 Å². The summed E-state index contributed by atoms with van der Waals surface area (Å²) in [4.78, 5) is 38.3. The van der Waals surface area contributed by atoms with Crippen molar-refractivity contribution in [1.82, 2.24) is 16.2 Å². The second kappa shape index (κ2) is 11.4. The number of hydrogen-bond donors (Lipinski definition) is 3. The standard InChI is InChI=1S/C23H29N3O3S/c1-15(2)13-20(24-22(28)19-8-6-5-7-17(19)4)23(29)26-25-21(27)14-30-18-11-9-16(3)10-12-18/h5-12,15,20H,13-14H2,1-4H3,(H,24,28)(H,25,27)(H,26,29)/t20-/m0/s1. The summed E-state index contributed by atoms with van der Waals surface area (Å²) in [6.07, 6.45) is 0.456. The summed E-state index contributed by atoms with van der Waals surface area (Å²) in [5.41, 5.74) is 7.38. The smallest absolute Gasteiger partial charge is 0.260 e. The first-order valence-electron chi connectivity index (χ1n) is 9.91. The zero-order valence-electron chi connectivity index (χ0n) is 17.8. The molecule has 2 rings (SSSR count). The van der Waals surface area contributed by atoms with E-state index in [9.17, 15) is 14.4 Å². The summed E-state index contributed by atoms with van der Waals surface area (Å²) >= 11 is 1.38. The molecule has 6 nitrogen and oxygen atoms in total. The number of carbonyl (C=O) groups is 3. The van der Waals surface area contributed by atoms with E-state index in [-0.39, 0.29) is 23.5 Å². The van der Waals surface area contributed by atoms with Gasteiger partial charge in [-0.15, -0.1) is 11.8 Å². The number of thioether (sulfide) groups is 1. The van der Waals surface area contributed by atoms with Crippen molar-refractivity contribution in [3.05, 3.63) is 65.2 Å². The summed E-state index contributed by atoms with van der Waals surface area (Å²) < 4.78 is 0. The number of aryl methyl sites for hydroxylation is 2. The third-order valence-electron chi connectivity index (χ3n) is 4.43. The highest BCUT2D eigenvalue weighted by Gasteiger charge is 2.23. The highest BCUT2D eigenvalue weighted by molar-refractivity contribution is 8.00. The summed E-state index contributed by atoms with van der Waals surface area (Å²) in [5.74, 6) is -0.712. The number of carbonyl (C=O) groups excluding carboxylic acids is 3. The number of hydrazine groups is 1. The van der Waals surface area contributed by atoms with Crippen molar-refractivity contribution in [3.8, 4) is 0 Å². The van der Waals surface area contributed by atoms with E-state index in [0.29, 0.717) is 12.0 Å². The van der Waals surface area contributed by atoms with Crippen molar-refractivity contribution >= 4 is 29.5 Å². The van der Waals surface area contributed by atoms with Crippen molar-refractivity contribution in [2.24, 2.45) is 5.92 Å². The molecule has 0 aliphatic heterocycles. The predicted molar refractivity (Wildman–Crippen MR) is 120 cm³/mol. The molecule has 0 saturated heterocycles. The van der Waals surface area contributed by atoms with E-state index in [2.05, 4.69) is 16.2 Å². The van der Waals surface area contributed by atoms with Crippen molar-refractivity contribution in [3.63, 3.8) is 0 Å². The molecule has 0 radical (unpaired) electrons. The number of hydrogen-bond acceptors (Lipinski definition) is 4. The molecule has 0 aliphatic carbocycles.